The topological polar surface area (TPSA) is 112 Å². The van der Waals surface area contributed by atoms with Gasteiger partial charge in [-0.3, -0.25) is 9.59 Å². The van der Waals surface area contributed by atoms with Gasteiger partial charge in [0, 0.05) is 13.1 Å². The molecule has 0 aromatic heterocycles. The number of amides is 1. The third kappa shape index (κ3) is 5.31. The number of nitrogens with zero attached hydrogens (tertiary/aromatic N) is 3. The van der Waals surface area contributed by atoms with Gasteiger partial charge in [0.25, 0.3) is 5.91 Å². The van der Waals surface area contributed by atoms with Gasteiger partial charge in [0.15, 0.2) is 16.7 Å². The number of ether oxygens (including phenoxy) is 2. The smallest absolute Gasteiger partial charge is 0.420 e. The summed E-state index contributed by atoms with van der Waals surface area (Å²) in [5, 5.41) is 18.4. The Morgan fingerprint density at radius 2 is 1.97 bits per heavy atom. The van der Waals surface area contributed by atoms with E-state index in [1.54, 1.807) is 30.0 Å². The van der Waals surface area contributed by atoms with Crippen LogP contribution in [0.3, 0.4) is 0 Å². The standard InChI is InChI=1S/C24H18F3N3O5S/c1-2-34-19-8-13(9-20-21(31)29-23(36-20)30-11-15(12-30)22(32)33)3-6-18(19)35-17-5-4-14(10-28)7-16(17)24(25,26)27/h3-9,15H,2,11-12H2,1H3,(H,32,33). The van der Waals surface area contributed by atoms with Crippen LogP contribution in [0.5, 0.6) is 17.2 Å². The Morgan fingerprint density at radius 1 is 1.25 bits per heavy atom. The predicted octanol–water partition coefficient (Wildman–Crippen LogP) is 4.75. The number of amidine groups is 1. The molecule has 8 nitrogen and oxygen atoms in total. The Hall–Kier alpha value is -3.98. The van der Waals surface area contributed by atoms with Crippen molar-refractivity contribution in [3.05, 3.63) is 58.0 Å². The van der Waals surface area contributed by atoms with Crippen molar-refractivity contribution < 1.29 is 37.3 Å². The van der Waals surface area contributed by atoms with Gasteiger partial charge in [-0.1, -0.05) is 6.07 Å². The molecule has 0 bridgehead atoms. The summed E-state index contributed by atoms with van der Waals surface area (Å²) in [5.41, 5.74) is -0.719. The largest absolute Gasteiger partial charge is 0.490 e. The number of nitriles is 1. The number of carbonyl (C=O) groups excluding carboxylic acids is 1. The molecule has 4 rings (SSSR count). The van der Waals surface area contributed by atoms with Crippen molar-refractivity contribution in [2.24, 2.45) is 10.9 Å². The van der Waals surface area contributed by atoms with Gasteiger partial charge in [-0.15, -0.1) is 0 Å². The highest BCUT2D eigenvalue weighted by Crippen LogP contribution is 2.41. The summed E-state index contributed by atoms with van der Waals surface area (Å²) < 4.78 is 51.7. The van der Waals surface area contributed by atoms with Crippen LogP contribution < -0.4 is 9.47 Å². The van der Waals surface area contributed by atoms with Crippen molar-refractivity contribution in [2.75, 3.05) is 19.7 Å². The minimum absolute atomic E-state index is 0.0249. The fourth-order valence-electron chi connectivity index (χ4n) is 3.47. The summed E-state index contributed by atoms with van der Waals surface area (Å²) in [6.45, 7) is 2.46. The first-order chi connectivity index (χ1) is 17.1. The van der Waals surface area contributed by atoms with Crippen LogP contribution in [0.25, 0.3) is 6.08 Å². The number of aliphatic imine (C=N–C) groups is 1. The Kier molecular flexibility index (Phi) is 6.94. The normalized spacial score (nSPS) is 17.0. The summed E-state index contributed by atoms with van der Waals surface area (Å²) in [5.74, 6) is -2.16. The number of aliphatic carboxylic acids is 1. The van der Waals surface area contributed by atoms with E-state index in [1.165, 1.54) is 18.2 Å². The average molecular weight is 517 g/mol. The number of hydrogen-bond acceptors (Lipinski definition) is 7. The molecule has 0 unspecified atom stereocenters. The van der Waals surface area contributed by atoms with Gasteiger partial charge in [-0.05, 0) is 60.7 Å². The van der Waals surface area contributed by atoms with Crippen molar-refractivity contribution in [1.82, 2.24) is 4.90 Å². The van der Waals surface area contributed by atoms with E-state index in [4.69, 9.17) is 19.8 Å². The SMILES string of the molecule is CCOc1cc(C=C2SC(N3CC(C(=O)O)C3)=NC2=O)ccc1Oc1ccc(C#N)cc1C(F)(F)F. The zero-order chi connectivity index (χ0) is 26.0. The van der Waals surface area contributed by atoms with E-state index in [-0.39, 0.29) is 36.8 Å². The highest BCUT2D eigenvalue weighted by Gasteiger charge is 2.38. The summed E-state index contributed by atoms with van der Waals surface area (Å²) in [6.07, 6.45) is -3.18. The van der Waals surface area contributed by atoms with Crippen LogP contribution in [0.2, 0.25) is 0 Å². The second-order valence-electron chi connectivity index (χ2n) is 7.81. The van der Waals surface area contributed by atoms with Crippen LogP contribution in [-0.4, -0.2) is 46.7 Å². The second kappa shape index (κ2) is 9.94. The number of carboxylic acids is 1. The minimum atomic E-state index is -4.74. The molecule has 0 spiro atoms. The first kappa shape index (κ1) is 25.1. The summed E-state index contributed by atoms with van der Waals surface area (Å²) >= 11 is 1.12. The molecule has 2 aliphatic rings. The van der Waals surface area contributed by atoms with Crippen LogP contribution >= 0.6 is 11.8 Å². The third-order valence-corrected chi connectivity index (χ3v) is 6.35. The first-order valence-electron chi connectivity index (χ1n) is 10.7. The van der Waals surface area contributed by atoms with Crippen molar-refractivity contribution in [1.29, 1.82) is 5.26 Å². The molecule has 12 heteroatoms. The number of likely N-dealkylation sites (tertiary alicyclic amines) is 1. The molecule has 2 aliphatic heterocycles. The monoisotopic (exact) mass is 517 g/mol. The Labute approximate surface area is 207 Å². The van der Waals surface area contributed by atoms with Crippen molar-refractivity contribution in [3.8, 4) is 23.3 Å². The predicted molar refractivity (Wildman–Crippen MR) is 125 cm³/mol. The lowest BCUT2D eigenvalue weighted by atomic mass is 10.0. The zero-order valence-corrected chi connectivity index (χ0v) is 19.5. The summed E-state index contributed by atoms with van der Waals surface area (Å²) in [4.78, 5) is 29.3. The van der Waals surface area contributed by atoms with Crippen LogP contribution in [0.1, 0.15) is 23.6 Å². The third-order valence-electron chi connectivity index (χ3n) is 5.31. The summed E-state index contributed by atoms with van der Waals surface area (Å²) in [6, 6.07) is 9.19. The van der Waals surface area contributed by atoms with Crippen LogP contribution in [0.4, 0.5) is 13.2 Å². The van der Waals surface area contributed by atoms with Gasteiger partial charge >= 0.3 is 12.1 Å². The molecule has 2 aromatic carbocycles. The average Bonchev–Trinajstić information content (AvgIpc) is 3.13. The van der Waals surface area contributed by atoms with Crippen molar-refractivity contribution >= 4 is 34.9 Å². The molecule has 1 amide bonds. The fraction of sp³-hybridized carbons (Fsp3) is 0.250. The van der Waals surface area contributed by atoms with E-state index in [9.17, 15) is 22.8 Å². The van der Waals surface area contributed by atoms with Crippen LogP contribution in [-0.2, 0) is 15.8 Å². The summed E-state index contributed by atoms with van der Waals surface area (Å²) in [7, 11) is 0. The Bertz CT molecular complexity index is 1330. The maximum Gasteiger partial charge on any atom is 0.420 e. The van der Waals surface area contributed by atoms with Gasteiger partial charge in [0.2, 0.25) is 0 Å². The molecule has 186 valence electrons. The Balaban J connectivity index is 1.56. The number of thioether (sulfide) groups is 1. The molecule has 0 aliphatic carbocycles. The Morgan fingerprint density at radius 3 is 2.61 bits per heavy atom. The highest BCUT2D eigenvalue weighted by atomic mass is 32.2. The first-order valence-corrected chi connectivity index (χ1v) is 11.5. The molecule has 36 heavy (non-hydrogen) atoms. The van der Waals surface area contributed by atoms with E-state index in [1.807, 2.05) is 0 Å². The molecular weight excluding hydrogens is 499 g/mol. The molecule has 2 heterocycles. The molecule has 0 saturated carbocycles. The number of alkyl halides is 3. The number of carboxylic acid groups (broad SMARTS) is 1. The van der Waals surface area contributed by atoms with Gasteiger partial charge in [-0.2, -0.15) is 23.4 Å². The molecular formula is C24H18F3N3O5S. The van der Waals surface area contributed by atoms with Crippen LogP contribution in [0.15, 0.2) is 46.3 Å². The number of halogens is 3. The van der Waals surface area contributed by atoms with Gasteiger partial charge in [0.1, 0.15) is 5.75 Å². The van der Waals surface area contributed by atoms with Crippen LogP contribution in [0, 0.1) is 17.2 Å². The number of hydrogen-bond donors (Lipinski definition) is 1. The molecule has 1 N–H and O–H groups in total. The van der Waals surface area contributed by atoms with E-state index in [0.717, 1.165) is 17.8 Å². The highest BCUT2D eigenvalue weighted by molar-refractivity contribution is 8.18. The van der Waals surface area contributed by atoms with Gasteiger partial charge in [-0.25, -0.2) is 0 Å². The molecule has 2 aromatic rings. The molecule has 0 radical (unpaired) electrons. The maximum absolute atomic E-state index is 13.5. The van der Waals surface area contributed by atoms with E-state index in [2.05, 4.69) is 4.99 Å². The number of carbonyl (C=O) groups is 2. The lowest BCUT2D eigenvalue weighted by molar-refractivity contribution is -0.145. The van der Waals surface area contributed by atoms with E-state index < -0.39 is 35.3 Å². The second-order valence-corrected chi connectivity index (χ2v) is 8.82. The molecule has 1 fully saturated rings. The fourth-order valence-corrected chi connectivity index (χ4v) is 4.40. The maximum atomic E-state index is 13.5. The van der Waals surface area contributed by atoms with Crippen molar-refractivity contribution in [2.45, 2.75) is 13.1 Å². The van der Waals surface area contributed by atoms with Gasteiger partial charge in [0.05, 0.1) is 34.6 Å². The quantitative estimate of drug-likeness (QED) is 0.546. The lowest BCUT2D eigenvalue weighted by Gasteiger charge is -2.37. The number of benzene rings is 2. The van der Waals surface area contributed by atoms with Crippen molar-refractivity contribution in [3.63, 3.8) is 0 Å². The van der Waals surface area contributed by atoms with Gasteiger partial charge < -0.3 is 19.5 Å². The zero-order valence-electron chi connectivity index (χ0n) is 18.7. The lowest BCUT2D eigenvalue weighted by Crippen LogP contribution is -2.51. The van der Waals surface area contributed by atoms with E-state index >= 15 is 0 Å². The minimum Gasteiger partial charge on any atom is -0.490 e. The molecule has 1 saturated heterocycles. The number of rotatable bonds is 6. The van der Waals surface area contributed by atoms with E-state index in [0.29, 0.717) is 21.7 Å². The molecule has 0 atom stereocenters.